The van der Waals surface area contributed by atoms with E-state index in [0.29, 0.717) is 0 Å². The predicted molar refractivity (Wildman–Crippen MR) is 64.1 cm³/mol. The second-order valence-electron chi connectivity index (χ2n) is 4.24. The van der Waals surface area contributed by atoms with Gasteiger partial charge in [-0.3, -0.25) is 0 Å². The number of nitrogens with zero attached hydrogens (tertiary/aromatic N) is 1. The van der Waals surface area contributed by atoms with Crippen molar-refractivity contribution in [3.8, 4) is 0 Å². The third-order valence-corrected chi connectivity index (χ3v) is 2.69. The van der Waals surface area contributed by atoms with Gasteiger partial charge >= 0.3 is 0 Å². The van der Waals surface area contributed by atoms with E-state index in [2.05, 4.69) is 35.3 Å². The maximum Gasteiger partial charge on any atom is 0.120 e. The Morgan fingerprint density at radius 2 is 2.19 bits per heavy atom. The van der Waals surface area contributed by atoms with Crippen molar-refractivity contribution in [2.75, 3.05) is 0 Å². The van der Waals surface area contributed by atoms with Crippen LogP contribution in [0.3, 0.4) is 0 Å². The fourth-order valence-corrected chi connectivity index (χ4v) is 1.72. The molecular formula is C13H18N2O. The van der Waals surface area contributed by atoms with Crippen LogP contribution in [0, 0.1) is 6.92 Å². The lowest BCUT2D eigenvalue weighted by Gasteiger charge is -2.10. The van der Waals surface area contributed by atoms with Gasteiger partial charge in [0.05, 0.1) is 6.04 Å². The summed E-state index contributed by atoms with van der Waals surface area (Å²) in [5, 5.41) is 3.43. The van der Waals surface area contributed by atoms with E-state index in [-0.39, 0.29) is 6.04 Å². The Hall–Kier alpha value is -1.48. The third kappa shape index (κ3) is 2.55. The molecule has 0 aliphatic heterocycles. The third-order valence-electron chi connectivity index (χ3n) is 2.69. The molecule has 0 fully saturated rings. The lowest BCUT2D eigenvalue weighted by atomic mass is 10.2. The van der Waals surface area contributed by atoms with Gasteiger partial charge in [-0.15, -0.1) is 0 Å². The molecule has 0 spiro atoms. The van der Waals surface area contributed by atoms with E-state index in [1.165, 1.54) is 5.56 Å². The molecule has 0 radical (unpaired) electrons. The largest absolute Gasteiger partial charge is 0.465 e. The monoisotopic (exact) mass is 218 g/mol. The van der Waals surface area contributed by atoms with Crippen LogP contribution in [0.2, 0.25) is 0 Å². The van der Waals surface area contributed by atoms with Gasteiger partial charge in [-0.1, -0.05) is 0 Å². The van der Waals surface area contributed by atoms with Gasteiger partial charge in [0.25, 0.3) is 0 Å². The van der Waals surface area contributed by atoms with Crippen LogP contribution in [0.4, 0.5) is 0 Å². The van der Waals surface area contributed by atoms with Crippen LogP contribution < -0.4 is 5.32 Å². The van der Waals surface area contributed by atoms with Crippen molar-refractivity contribution in [2.45, 2.75) is 26.4 Å². The van der Waals surface area contributed by atoms with E-state index in [1.54, 1.807) is 0 Å². The molecule has 0 saturated carbocycles. The van der Waals surface area contributed by atoms with Crippen molar-refractivity contribution in [3.63, 3.8) is 0 Å². The predicted octanol–water partition coefficient (Wildman–Crippen LogP) is 2.78. The second-order valence-corrected chi connectivity index (χ2v) is 4.24. The molecule has 0 aliphatic rings. The fourth-order valence-electron chi connectivity index (χ4n) is 1.72. The molecule has 0 saturated heterocycles. The Labute approximate surface area is 96.1 Å². The number of hydrogen-bond acceptors (Lipinski definition) is 2. The van der Waals surface area contributed by atoms with Gasteiger partial charge in [0.15, 0.2) is 0 Å². The highest BCUT2D eigenvalue weighted by Crippen LogP contribution is 2.16. The molecular weight excluding hydrogens is 200 g/mol. The molecule has 0 bridgehead atoms. The van der Waals surface area contributed by atoms with Crippen LogP contribution in [-0.2, 0) is 13.6 Å². The average Bonchev–Trinajstić information content (AvgIpc) is 2.84. The number of aromatic nitrogens is 1. The maximum absolute atomic E-state index is 5.57. The first kappa shape index (κ1) is 11.0. The summed E-state index contributed by atoms with van der Waals surface area (Å²) in [6.45, 7) is 4.94. The zero-order valence-corrected chi connectivity index (χ0v) is 10.0. The van der Waals surface area contributed by atoms with E-state index in [1.807, 2.05) is 26.1 Å². The Bertz CT molecular complexity index is 456. The smallest absolute Gasteiger partial charge is 0.120 e. The molecule has 3 nitrogen and oxygen atoms in total. The Kier molecular flexibility index (Phi) is 3.15. The summed E-state index contributed by atoms with van der Waals surface area (Å²) in [7, 11) is 2.03. The van der Waals surface area contributed by atoms with Gasteiger partial charge < -0.3 is 14.3 Å². The summed E-state index contributed by atoms with van der Waals surface area (Å²) in [5.74, 6) is 1.96. The van der Waals surface area contributed by atoms with Crippen LogP contribution in [0.15, 0.2) is 35.0 Å². The SMILES string of the molecule is Cc1ccc(C(C)NCc2ccn(C)c2)o1. The van der Waals surface area contributed by atoms with Crippen molar-refractivity contribution < 1.29 is 4.42 Å². The molecule has 1 N–H and O–H groups in total. The number of aryl methyl sites for hydroxylation is 2. The van der Waals surface area contributed by atoms with Crippen molar-refractivity contribution >= 4 is 0 Å². The van der Waals surface area contributed by atoms with E-state index >= 15 is 0 Å². The average molecular weight is 218 g/mol. The quantitative estimate of drug-likeness (QED) is 0.855. The Morgan fingerprint density at radius 3 is 2.75 bits per heavy atom. The highest BCUT2D eigenvalue weighted by Gasteiger charge is 2.08. The van der Waals surface area contributed by atoms with Gasteiger partial charge in [0.2, 0.25) is 0 Å². The molecule has 0 amide bonds. The van der Waals surface area contributed by atoms with Gasteiger partial charge in [-0.25, -0.2) is 0 Å². The summed E-state index contributed by atoms with van der Waals surface area (Å²) in [6.07, 6.45) is 4.17. The molecule has 2 aromatic heterocycles. The van der Waals surface area contributed by atoms with Crippen molar-refractivity contribution in [1.82, 2.24) is 9.88 Å². The normalized spacial score (nSPS) is 12.9. The molecule has 0 aliphatic carbocycles. The number of furan rings is 1. The molecule has 3 heteroatoms. The highest BCUT2D eigenvalue weighted by molar-refractivity contribution is 5.12. The summed E-state index contributed by atoms with van der Waals surface area (Å²) >= 11 is 0. The first-order chi connectivity index (χ1) is 7.65. The lowest BCUT2D eigenvalue weighted by Crippen LogP contribution is -2.17. The van der Waals surface area contributed by atoms with Crippen molar-refractivity contribution in [1.29, 1.82) is 0 Å². The molecule has 2 rings (SSSR count). The number of nitrogens with one attached hydrogen (secondary N) is 1. The Balaban J connectivity index is 1.91. The molecule has 1 atom stereocenters. The van der Waals surface area contributed by atoms with Crippen molar-refractivity contribution in [2.24, 2.45) is 7.05 Å². The summed E-state index contributed by atoms with van der Waals surface area (Å²) < 4.78 is 7.63. The van der Waals surface area contributed by atoms with E-state index in [0.717, 1.165) is 18.1 Å². The minimum absolute atomic E-state index is 0.244. The zero-order chi connectivity index (χ0) is 11.5. The minimum atomic E-state index is 0.244. The van der Waals surface area contributed by atoms with Crippen LogP contribution >= 0.6 is 0 Å². The standard InChI is InChI=1S/C13H18N2O/c1-10-4-5-13(16-10)11(2)14-8-12-6-7-15(3)9-12/h4-7,9,11,14H,8H2,1-3H3. The first-order valence-corrected chi connectivity index (χ1v) is 5.56. The van der Waals surface area contributed by atoms with Gasteiger partial charge in [0.1, 0.15) is 11.5 Å². The highest BCUT2D eigenvalue weighted by atomic mass is 16.3. The van der Waals surface area contributed by atoms with Crippen molar-refractivity contribution in [3.05, 3.63) is 47.7 Å². The zero-order valence-electron chi connectivity index (χ0n) is 10.0. The molecule has 2 heterocycles. The van der Waals surface area contributed by atoms with Crippen LogP contribution in [0.5, 0.6) is 0 Å². The molecule has 0 aromatic carbocycles. The van der Waals surface area contributed by atoms with Crippen LogP contribution in [0.25, 0.3) is 0 Å². The minimum Gasteiger partial charge on any atom is -0.465 e. The number of rotatable bonds is 4. The van der Waals surface area contributed by atoms with Gasteiger partial charge in [-0.05, 0) is 37.6 Å². The Morgan fingerprint density at radius 1 is 1.38 bits per heavy atom. The second kappa shape index (κ2) is 4.58. The van der Waals surface area contributed by atoms with E-state index < -0.39 is 0 Å². The summed E-state index contributed by atoms with van der Waals surface area (Å²) in [5.41, 5.74) is 1.29. The number of hydrogen-bond donors (Lipinski definition) is 1. The molecule has 16 heavy (non-hydrogen) atoms. The van der Waals surface area contributed by atoms with Crippen LogP contribution in [0.1, 0.15) is 30.0 Å². The molecule has 2 aromatic rings. The molecule has 1 unspecified atom stereocenters. The fraction of sp³-hybridized carbons (Fsp3) is 0.385. The van der Waals surface area contributed by atoms with Gasteiger partial charge in [-0.2, -0.15) is 0 Å². The van der Waals surface area contributed by atoms with E-state index in [9.17, 15) is 0 Å². The maximum atomic E-state index is 5.57. The summed E-state index contributed by atoms with van der Waals surface area (Å²) in [4.78, 5) is 0. The molecule has 86 valence electrons. The van der Waals surface area contributed by atoms with Gasteiger partial charge in [0, 0.05) is 26.0 Å². The first-order valence-electron chi connectivity index (χ1n) is 5.56. The van der Waals surface area contributed by atoms with Crippen LogP contribution in [-0.4, -0.2) is 4.57 Å². The summed E-state index contributed by atoms with van der Waals surface area (Å²) in [6, 6.07) is 6.38. The lowest BCUT2D eigenvalue weighted by molar-refractivity contribution is 0.416. The topological polar surface area (TPSA) is 30.1 Å². The van der Waals surface area contributed by atoms with E-state index in [4.69, 9.17) is 4.42 Å².